The van der Waals surface area contributed by atoms with Gasteiger partial charge in [0.25, 0.3) is 5.56 Å². The lowest BCUT2D eigenvalue weighted by atomic mass is 9.94. The predicted octanol–water partition coefficient (Wildman–Crippen LogP) is 5.00. The van der Waals surface area contributed by atoms with Crippen molar-refractivity contribution in [2.24, 2.45) is 0 Å². The molecule has 2 nitrogen and oxygen atoms in total. The summed E-state index contributed by atoms with van der Waals surface area (Å²) in [6, 6.07) is 24.1. The number of fused-ring (bicyclic) bond motifs is 1. The molecule has 116 valence electrons. The molecule has 0 fully saturated rings. The van der Waals surface area contributed by atoms with E-state index in [0.717, 1.165) is 16.7 Å². The second-order valence-electron chi connectivity index (χ2n) is 5.60. The van der Waals surface area contributed by atoms with E-state index in [4.69, 9.17) is 0 Å². The molecule has 0 aliphatic rings. The Morgan fingerprint density at radius 3 is 2.00 bits per heavy atom. The lowest BCUT2D eigenvalue weighted by molar-refractivity contribution is 0.638. The molecule has 1 N–H and O–H groups in total. The summed E-state index contributed by atoms with van der Waals surface area (Å²) in [7, 11) is 0. The van der Waals surface area contributed by atoms with Gasteiger partial charge in [-0.3, -0.25) is 4.79 Å². The van der Waals surface area contributed by atoms with Crippen molar-refractivity contribution in [1.82, 2.24) is 4.98 Å². The molecule has 0 atom stereocenters. The van der Waals surface area contributed by atoms with Crippen molar-refractivity contribution in [3.05, 3.63) is 95.0 Å². The summed E-state index contributed by atoms with van der Waals surface area (Å²) in [6.45, 7) is 0. The second-order valence-corrected chi connectivity index (χ2v) is 5.60. The van der Waals surface area contributed by atoms with Crippen LogP contribution in [0.1, 0.15) is 0 Å². The maximum absolute atomic E-state index is 14.3. The van der Waals surface area contributed by atoms with Gasteiger partial charge in [0, 0.05) is 10.9 Å². The monoisotopic (exact) mass is 315 g/mol. The van der Waals surface area contributed by atoms with Gasteiger partial charge in [0.15, 0.2) is 0 Å². The summed E-state index contributed by atoms with van der Waals surface area (Å²) in [5.41, 5.74) is 2.94. The van der Waals surface area contributed by atoms with Gasteiger partial charge in [-0.15, -0.1) is 0 Å². The highest BCUT2D eigenvalue weighted by Crippen LogP contribution is 2.35. The molecule has 0 aliphatic carbocycles. The van der Waals surface area contributed by atoms with Crippen LogP contribution in [0.25, 0.3) is 33.2 Å². The molecule has 0 radical (unpaired) electrons. The summed E-state index contributed by atoms with van der Waals surface area (Å²) in [5.74, 6) is -0.509. The van der Waals surface area contributed by atoms with Gasteiger partial charge >= 0.3 is 0 Å². The highest BCUT2D eigenvalue weighted by molar-refractivity contribution is 6.02. The number of hydrogen-bond donors (Lipinski definition) is 1. The first kappa shape index (κ1) is 14.4. The first-order chi connectivity index (χ1) is 11.8. The third kappa shape index (κ3) is 2.31. The van der Waals surface area contributed by atoms with Crippen molar-refractivity contribution in [3.63, 3.8) is 0 Å². The summed E-state index contributed by atoms with van der Waals surface area (Å²) in [6.07, 6.45) is 0. The normalized spacial score (nSPS) is 10.9. The van der Waals surface area contributed by atoms with Crippen molar-refractivity contribution in [1.29, 1.82) is 0 Å². The molecule has 24 heavy (non-hydrogen) atoms. The van der Waals surface area contributed by atoms with Gasteiger partial charge in [-0.25, -0.2) is 4.39 Å². The van der Waals surface area contributed by atoms with Crippen LogP contribution in [0, 0.1) is 5.82 Å². The number of halogens is 1. The minimum absolute atomic E-state index is 0.0936. The molecular weight excluding hydrogens is 301 g/mol. The Labute approximate surface area is 138 Å². The number of aromatic nitrogens is 1. The number of H-pyrrole nitrogens is 1. The van der Waals surface area contributed by atoms with E-state index in [1.54, 1.807) is 12.1 Å². The van der Waals surface area contributed by atoms with Gasteiger partial charge in [-0.1, -0.05) is 72.8 Å². The van der Waals surface area contributed by atoms with Crippen LogP contribution in [-0.2, 0) is 0 Å². The average molecular weight is 315 g/mol. The van der Waals surface area contributed by atoms with Gasteiger partial charge < -0.3 is 4.98 Å². The van der Waals surface area contributed by atoms with Crippen molar-refractivity contribution < 1.29 is 4.39 Å². The molecule has 0 saturated carbocycles. The molecule has 3 heteroatoms. The molecule has 0 bridgehead atoms. The minimum atomic E-state index is -0.509. The third-order valence-electron chi connectivity index (χ3n) is 4.12. The van der Waals surface area contributed by atoms with Gasteiger partial charge in [0.05, 0.1) is 11.1 Å². The Hall–Kier alpha value is -3.20. The Bertz CT molecular complexity index is 1070. The molecule has 3 aromatic carbocycles. The topological polar surface area (TPSA) is 32.9 Å². The predicted molar refractivity (Wildman–Crippen MR) is 95.4 cm³/mol. The Balaban J connectivity index is 2.19. The van der Waals surface area contributed by atoms with E-state index in [1.165, 1.54) is 6.07 Å². The molecule has 0 saturated heterocycles. The van der Waals surface area contributed by atoms with Gasteiger partial charge in [0.2, 0.25) is 0 Å². The molecule has 0 amide bonds. The smallest absolute Gasteiger partial charge is 0.259 e. The van der Waals surface area contributed by atoms with Crippen LogP contribution in [0.4, 0.5) is 4.39 Å². The Morgan fingerprint density at radius 2 is 1.33 bits per heavy atom. The van der Waals surface area contributed by atoms with E-state index in [0.29, 0.717) is 11.1 Å². The lowest BCUT2D eigenvalue weighted by Gasteiger charge is -2.14. The molecule has 0 spiro atoms. The van der Waals surface area contributed by atoms with E-state index >= 15 is 0 Å². The van der Waals surface area contributed by atoms with E-state index in [-0.39, 0.29) is 5.39 Å². The van der Waals surface area contributed by atoms with Crippen LogP contribution in [0.5, 0.6) is 0 Å². The Kier molecular flexibility index (Phi) is 3.47. The van der Waals surface area contributed by atoms with Crippen LogP contribution in [-0.4, -0.2) is 4.98 Å². The molecule has 1 heterocycles. The van der Waals surface area contributed by atoms with Crippen molar-refractivity contribution >= 4 is 10.8 Å². The van der Waals surface area contributed by atoms with E-state index in [2.05, 4.69) is 4.98 Å². The Morgan fingerprint density at radius 1 is 0.708 bits per heavy atom. The standard InChI is InChI=1S/C21H14FNO/c22-17-13-7-12-16-18(14-8-3-1-4-9-14)20(23-21(24)19(16)17)15-10-5-2-6-11-15/h1-13H,(H,23,24). The summed E-state index contributed by atoms with van der Waals surface area (Å²) >= 11 is 0. The molecule has 0 aliphatic heterocycles. The number of nitrogens with one attached hydrogen (secondary N) is 1. The maximum Gasteiger partial charge on any atom is 0.259 e. The highest BCUT2D eigenvalue weighted by atomic mass is 19.1. The van der Waals surface area contributed by atoms with Gasteiger partial charge in [-0.05, 0) is 17.2 Å². The van der Waals surface area contributed by atoms with Crippen molar-refractivity contribution in [3.8, 4) is 22.4 Å². The molecule has 4 aromatic rings. The van der Waals surface area contributed by atoms with Crippen LogP contribution in [0.15, 0.2) is 83.7 Å². The fourth-order valence-corrected chi connectivity index (χ4v) is 3.06. The quantitative estimate of drug-likeness (QED) is 0.554. The third-order valence-corrected chi connectivity index (χ3v) is 4.12. The maximum atomic E-state index is 14.3. The lowest BCUT2D eigenvalue weighted by Crippen LogP contribution is -2.11. The zero-order valence-electron chi connectivity index (χ0n) is 12.8. The largest absolute Gasteiger partial charge is 0.321 e. The SMILES string of the molecule is O=c1[nH]c(-c2ccccc2)c(-c2ccccc2)c2cccc(F)c12. The zero-order chi connectivity index (χ0) is 16.5. The second kappa shape index (κ2) is 5.78. The van der Waals surface area contributed by atoms with Crippen molar-refractivity contribution in [2.75, 3.05) is 0 Å². The highest BCUT2D eigenvalue weighted by Gasteiger charge is 2.16. The molecular formula is C21H14FNO. The number of hydrogen-bond acceptors (Lipinski definition) is 1. The fraction of sp³-hybridized carbons (Fsp3) is 0. The first-order valence-corrected chi connectivity index (χ1v) is 7.71. The van der Waals surface area contributed by atoms with Gasteiger partial charge in [-0.2, -0.15) is 0 Å². The van der Waals surface area contributed by atoms with Crippen LogP contribution < -0.4 is 5.56 Å². The zero-order valence-corrected chi connectivity index (χ0v) is 12.8. The van der Waals surface area contributed by atoms with Crippen LogP contribution >= 0.6 is 0 Å². The molecule has 4 rings (SSSR count). The number of pyridine rings is 1. The summed E-state index contributed by atoms with van der Waals surface area (Å²) in [4.78, 5) is 15.4. The molecule has 0 unspecified atom stereocenters. The fourth-order valence-electron chi connectivity index (χ4n) is 3.06. The minimum Gasteiger partial charge on any atom is -0.321 e. The van der Waals surface area contributed by atoms with Crippen LogP contribution in [0.3, 0.4) is 0 Å². The summed E-state index contributed by atoms with van der Waals surface area (Å²) < 4.78 is 14.3. The van der Waals surface area contributed by atoms with Gasteiger partial charge in [0.1, 0.15) is 5.82 Å². The number of aromatic amines is 1. The average Bonchev–Trinajstić information content (AvgIpc) is 2.63. The van der Waals surface area contributed by atoms with Crippen molar-refractivity contribution in [2.45, 2.75) is 0 Å². The molecule has 1 aromatic heterocycles. The van der Waals surface area contributed by atoms with E-state index < -0.39 is 11.4 Å². The summed E-state index contributed by atoms with van der Waals surface area (Å²) in [5, 5.41) is 0.708. The number of rotatable bonds is 2. The van der Waals surface area contributed by atoms with Crippen LogP contribution in [0.2, 0.25) is 0 Å². The van der Waals surface area contributed by atoms with E-state index in [1.807, 2.05) is 60.7 Å². The number of benzene rings is 3. The van der Waals surface area contributed by atoms with E-state index in [9.17, 15) is 9.18 Å². The first-order valence-electron chi connectivity index (χ1n) is 7.71.